The molecule has 2 atom stereocenters. The van der Waals surface area contributed by atoms with Crippen molar-refractivity contribution in [2.45, 2.75) is 59.1 Å². The van der Waals surface area contributed by atoms with Gasteiger partial charge in [0.1, 0.15) is 5.54 Å². The zero-order chi connectivity index (χ0) is 16.5. The van der Waals surface area contributed by atoms with Crippen molar-refractivity contribution in [3.05, 3.63) is 29.3 Å². The first-order valence-electron chi connectivity index (χ1n) is 8.07. The first-order valence-corrected chi connectivity index (χ1v) is 8.07. The fraction of sp³-hybridized carbons (Fsp3) is 0.611. The maximum Gasteiger partial charge on any atom is 0.245 e. The minimum Gasteiger partial charge on any atom is -0.378 e. The Morgan fingerprint density at radius 3 is 2.57 bits per heavy atom. The standard InChI is InChI=1S/C18H28N2O2.ClH/c1-6-13-10-14(9-8-12(13)3)20-16(21)18(19)11-15(22-7-2)17(18,4)5;/h8-10,15H,6-7,11,19H2,1-5H3,(H,20,21);1H. The molecule has 1 aliphatic rings. The van der Waals surface area contributed by atoms with Gasteiger partial charge in [0, 0.05) is 24.1 Å². The fourth-order valence-electron chi connectivity index (χ4n) is 3.19. The number of amides is 1. The smallest absolute Gasteiger partial charge is 0.245 e. The van der Waals surface area contributed by atoms with Gasteiger partial charge in [0.25, 0.3) is 0 Å². The van der Waals surface area contributed by atoms with Gasteiger partial charge < -0.3 is 15.8 Å². The molecule has 2 unspecified atom stereocenters. The molecule has 1 aromatic rings. The normalized spacial score (nSPS) is 25.2. The molecule has 130 valence electrons. The molecule has 0 aromatic heterocycles. The summed E-state index contributed by atoms with van der Waals surface area (Å²) in [5, 5.41) is 2.99. The number of carbonyl (C=O) groups is 1. The van der Waals surface area contributed by atoms with Crippen LogP contribution in [0.2, 0.25) is 0 Å². The number of halogens is 1. The predicted molar refractivity (Wildman–Crippen MR) is 97.2 cm³/mol. The highest BCUT2D eigenvalue weighted by molar-refractivity contribution is 5.99. The Morgan fingerprint density at radius 2 is 2.04 bits per heavy atom. The lowest BCUT2D eigenvalue weighted by Gasteiger charge is -2.57. The van der Waals surface area contributed by atoms with Gasteiger partial charge in [-0.3, -0.25) is 4.79 Å². The molecule has 0 bridgehead atoms. The number of rotatable bonds is 5. The highest BCUT2D eigenvalue weighted by atomic mass is 35.5. The number of hydrogen-bond donors (Lipinski definition) is 2. The third kappa shape index (κ3) is 3.39. The summed E-state index contributed by atoms with van der Waals surface area (Å²) in [5.41, 5.74) is 8.44. The molecule has 1 saturated carbocycles. The van der Waals surface area contributed by atoms with E-state index >= 15 is 0 Å². The first-order chi connectivity index (χ1) is 10.3. The third-order valence-electron chi connectivity index (χ3n) is 5.22. The molecule has 1 fully saturated rings. The van der Waals surface area contributed by atoms with Gasteiger partial charge in [-0.1, -0.05) is 26.8 Å². The molecule has 1 amide bonds. The van der Waals surface area contributed by atoms with Crippen LogP contribution in [0, 0.1) is 12.3 Å². The lowest BCUT2D eigenvalue weighted by molar-refractivity contribution is -0.166. The summed E-state index contributed by atoms with van der Waals surface area (Å²) >= 11 is 0. The Labute approximate surface area is 145 Å². The van der Waals surface area contributed by atoms with Crippen LogP contribution < -0.4 is 11.1 Å². The molecular formula is C18H29ClN2O2. The summed E-state index contributed by atoms with van der Waals surface area (Å²) in [5.74, 6) is -0.126. The molecule has 0 radical (unpaired) electrons. The van der Waals surface area contributed by atoms with Crippen LogP contribution in [0.5, 0.6) is 0 Å². The van der Waals surface area contributed by atoms with Crippen LogP contribution in [0.3, 0.4) is 0 Å². The van der Waals surface area contributed by atoms with Crippen LogP contribution in [-0.2, 0) is 16.0 Å². The van der Waals surface area contributed by atoms with E-state index in [0.717, 1.165) is 12.1 Å². The highest BCUT2D eigenvalue weighted by Gasteiger charge is 2.62. The van der Waals surface area contributed by atoms with E-state index in [4.69, 9.17) is 10.5 Å². The van der Waals surface area contributed by atoms with E-state index in [1.54, 1.807) is 0 Å². The molecule has 0 aliphatic heterocycles. The average molecular weight is 341 g/mol. The maximum absolute atomic E-state index is 12.7. The predicted octanol–water partition coefficient (Wildman–Crippen LogP) is 3.45. The Morgan fingerprint density at radius 1 is 1.39 bits per heavy atom. The fourth-order valence-corrected chi connectivity index (χ4v) is 3.19. The van der Waals surface area contributed by atoms with E-state index in [9.17, 15) is 4.79 Å². The van der Waals surface area contributed by atoms with Gasteiger partial charge >= 0.3 is 0 Å². The Hall–Kier alpha value is -1.10. The molecular weight excluding hydrogens is 312 g/mol. The Bertz CT molecular complexity index is 574. The zero-order valence-electron chi connectivity index (χ0n) is 14.7. The number of aryl methyl sites for hydroxylation is 2. The monoisotopic (exact) mass is 340 g/mol. The number of carbonyl (C=O) groups excluding carboxylic acids is 1. The van der Waals surface area contributed by atoms with Crippen molar-refractivity contribution < 1.29 is 9.53 Å². The van der Waals surface area contributed by atoms with Gasteiger partial charge in [-0.2, -0.15) is 0 Å². The Kier molecular flexibility index (Phi) is 6.25. The number of anilines is 1. The van der Waals surface area contributed by atoms with E-state index < -0.39 is 5.54 Å². The van der Waals surface area contributed by atoms with Gasteiger partial charge in [-0.15, -0.1) is 12.4 Å². The Balaban J connectivity index is 0.00000264. The summed E-state index contributed by atoms with van der Waals surface area (Å²) in [6.45, 7) is 10.8. The molecule has 5 heteroatoms. The van der Waals surface area contributed by atoms with Gasteiger partial charge in [-0.05, 0) is 43.5 Å². The minimum atomic E-state index is -0.885. The molecule has 1 aliphatic carbocycles. The van der Waals surface area contributed by atoms with Crippen molar-refractivity contribution in [2.75, 3.05) is 11.9 Å². The van der Waals surface area contributed by atoms with Crippen LogP contribution >= 0.6 is 12.4 Å². The third-order valence-corrected chi connectivity index (χ3v) is 5.22. The van der Waals surface area contributed by atoms with Crippen molar-refractivity contribution in [1.29, 1.82) is 0 Å². The van der Waals surface area contributed by atoms with E-state index in [2.05, 4.69) is 19.2 Å². The lowest BCUT2D eigenvalue weighted by atomic mass is 9.54. The molecule has 23 heavy (non-hydrogen) atoms. The number of benzene rings is 1. The average Bonchev–Trinajstić information content (AvgIpc) is 2.48. The second-order valence-electron chi connectivity index (χ2n) is 6.79. The van der Waals surface area contributed by atoms with Crippen LogP contribution in [0.25, 0.3) is 0 Å². The lowest BCUT2D eigenvalue weighted by Crippen LogP contribution is -2.74. The molecule has 0 heterocycles. The van der Waals surface area contributed by atoms with E-state index in [0.29, 0.717) is 13.0 Å². The summed E-state index contributed by atoms with van der Waals surface area (Å²) in [7, 11) is 0. The van der Waals surface area contributed by atoms with Crippen LogP contribution in [0.4, 0.5) is 5.69 Å². The van der Waals surface area contributed by atoms with Gasteiger partial charge in [0.05, 0.1) is 6.10 Å². The first kappa shape index (κ1) is 19.9. The van der Waals surface area contributed by atoms with Gasteiger partial charge in [-0.25, -0.2) is 0 Å². The number of ether oxygens (including phenoxy) is 1. The summed E-state index contributed by atoms with van der Waals surface area (Å²) in [6, 6.07) is 6.00. The number of nitrogens with one attached hydrogen (secondary N) is 1. The molecule has 3 N–H and O–H groups in total. The molecule has 2 rings (SSSR count). The molecule has 1 aromatic carbocycles. The van der Waals surface area contributed by atoms with Crippen molar-refractivity contribution in [3.8, 4) is 0 Å². The zero-order valence-corrected chi connectivity index (χ0v) is 15.5. The summed E-state index contributed by atoms with van der Waals surface area (Å²) in [4.78, 5) is 12.7. The molecule has 0 saturated heterocycles. The summed E-state index contributed by atoms with van der Waals surface area (Å²) in [6.07, 6.45) is 1.55. The van der Waals surface area contributed by atoms with Crippen molar-refractivity contribution in [2.24, 2.45) is 11.1 Å². The maximum atomic E-state index is 12.7. The minimum absolute atomic E-state index is 0. The topological polar surface area (TPSA) is 64.3 Å². The van der Waals surface area contributed by atoms with Crippen molar-refractivity contribution >= 4 is 24.0 Å². The quantitative estimate of drug-likeness (QED) is 0.862. The number of hydrogen-bond acceptors (Lipinski definition) is 3. The van der Waals surface area contributed by atoms with Crippen LogP contribution in [0.1, 0.15) is 45.2 Å². The summed E-state index contributed by atoms with van der Waals surface area (Å²) < 4.78 is 5.68. The molecule has 4 nitrogen and oxygen atoms in total. The van der Waals surface area contributed by atoms with Crippen molar-refractivity contribution in [1.82, 2.24) is 0 Å². The number of nitrogens with two attached hydrogens (primary N) is 1. The van der Waals surface area contributed by atoms with Gasteiger partial charge in [0.15, 0.2) is 0 Å². The molecule has 0 spiro atoms. The van der Waals surface area contributed by atoms with Crippen LogP contribution in [0.15, 0.2) is 18.2 Å². The van der Waals surface area contributed by atoms with Crippen molar-refractivity contribution in [3.63, 3.8) is 0 Å². The second-order valence-corrected chi connectivity index (χ2v) is 6.79. The second kappa shape index (κ2) is 7.20. The van der Waals surface area contributed by atoms with Gasteiger partial charge in [0.2, 0.25) is 5.91 Å². The van der Waals surface area contributed by atoms with Crippen LogP contribution in [-0.4, -0.2) is 24.2 Å². The van der Waals surface area contributed by atoms with E-state index in [-0.39, 0.29) is 29.8 Å². The largest absolute Gasteiger partial charge is 0.378 e. The van der Waals surface area contributed by atoms with E-state index in [1.165, 1.54) is 11.1 Å². The van der Waals surface area contributed by atoms with E-state index in [1.807, 2.05) is 39.0 Å². The highest BCUT2D eigenvalue weighted by Crippen LogP contribution is 2.50. The SMILES string of the molecule is CCOC1CC(N)(C(=O)Nc2ccc(C)c(CC)c2)C1(C)C.Cl.